The number of carbonyl (C=O) groups is 2. The molecule has 0 radical (unpaired) electrons. The molecule has 36 heavy (non-hydrogen) atoms. The lowest BCUT2D eigenvalue weighted by molar-refractivity contribution is -0.111. The summed E-state index contributed by atoms with van der Waals surface area (Å²) in [5, 5.41) is 3.00. The van der Waals surface area contributed by atoms with Crippen LogP contribution in [0.5, 0.6) is 0 Å². The highest BCUT2D eigenvalue weighted by Gasteiger charge is 2.37. The van der Waals surface area contributed by atoms with E-state index in [4.69, 9.17) is 4.99 Å². The average Bonchev–Trinajstić information content (AvgIpc) is 3.29. The van der Waals surface area contributed by atoms with E-state index < -0.39 is 5.54 Å². The summed E-state index contributed by atoms with van der Waals surface area (Å²) >= 11 is 0. The molecule has 2 aromatic carbocycles. The number of benzene rings is 2. The first-order chi connectivity index (χ1) is 17.5. The Kier molecular flexibility index (Phi) is 6.77. The number of aryl methyl sites for hydroxylation is 1. The first-order valence-electron chi connectivity index (χ1n) is 12.5. The topological polar surface area (TPSA) is 71.4 Å². The van der Waals surface area contributed by atoms with Crippen molar-refractivity contribution in [2.45, 2.75) is 57.5 Å². The maximum Gasteiger partial charge on any atom is 0.207 e. The van der Waals surface area contributed by atoms with Gasteiger partial charge in [-0.15, -0.1) is 0 Å². The van der Waals surface area contributed by atoms with Crippen LogP contribution in [-0.2, 0) is 17.8 Å². The number of nitrogens with one attached hydrogen (secondary N) is 1. The third kappa shape index (κ3) is 4.99. The minimum atomic E-state index is -0.538. The van der Waals surface area contributed by atoms with Gasteiger partial charge in [-0.1, -0.05) is 36.8 Å². The number of amides is 1. The van der Waals surface area contributed by atoms with Crippen molar-refractivity contribution in [3.63, 3.8) is 0 Å². The number of aromatic nitrogens is 1. The number of ketones is 1. The van der Waals surface area contributed by atoms with Gasteiger partial charge in [-0.3, -0.25) is 19.6 Å². The lowest BCUT2D eigenvalue weighted by Gasteiger charge is -2.41. The van der Waals surface area contributed by atoms with Gasteiger partial charge in [0.05, 0.1) is 12.3 Å². The number of hydrogen-bond acceptors (Lipinski definition) is 4. The van der Waals surface area contributed by atoms with Crippen molar-refractivity contribution in [1.82, 2.24) is 10.3 Å². The number of halogens is 1. The van der Waals surface area contributed by atoms with E-state index in [0.717, 1.165) is 47.4 Å². The maximum absolute atomic E-state index is 14.4. The van der Waals surface area contributed by atoms with Crippen molar-refractivity contribution >= 4 is 17.9 Å². The first kappa shape index (κ1) is 24.0. The normalized spacial score (nSPS) is 20.9. The molecule has 5 nitrogen and oxygen atoms in total. The lowest BCUT2D eigenvalue weighted by Crippen LogP contribution is -2.50. The first-order valence-corrected chi connectivity index (χ1v) is 12.5. The molecule has 0 saturated heterocycles. The van der Waals surface area contributed by atoms with Gasteiger partial charge < -0.3 is 5.32 Å². The van der Waals surface area contributed by atoms with Crippen LogP contribution >= 0.6 is 0 Å². The second kappa shape index (κ2) is 10.1. The van der Waals surface area contributed by atoms with E-state index in [9.17, 15) is 14.0 Å². The van der Waals surface area contributed by atoms with Gasteiger partial charge in [0.2, 0.25) is 6.41 Å². The molecule has 2 heterocycles. The number of pyridine rings is 1. The number of hydrogen-bond donors (Lipinski definition) is 1. The average molecular weight is 484 g/mol. The molecule has 0 bridgehead atoms. The molecule has 2 aliphatic rings. The molecule has 1 saturated carbocycles. The smallest absolute Gasteiger partial charge is 0.207 e. The molecule has 1 amide bonds. The standard InChI is InChI=1S/C30H30FN3O2/c1-20-13-23(10-12-32-20)29-26-15-22(8-9-25(26)18-33-29)28(36)14-21-5-4-11-30(16-21,34-19-35)17-24-6-2-3-7-27(24)31/h2-3,6-10,12-13,15,19,21H,4-5,11,14,16-18H2,1H3,(H,34,35). The molecule has 1 aliphatic carbocycles. The Hall–Kier alpha value is -3.67. The van der Waals surface area contributed by atoms with E-state index in [0.29, 0.717) is 43.3 Å². The molecule has 3 aromatic rings. The van der Waals surface area contributed by atoms with Crippen LogP contribution in [0.15, 0.2) is 65.8 Å². The summed E-state index contributed by atoms with van der Waals surface area (Å²) in [4.78, 5) is 33.9. The monoisotopic (exact) mass is 483 g/mol. The van der Waals surface area contributed by atoms with E-state index in [1.807, 2.05) is 43.3 Å². The Labute approximate surface area is 210 Å². The molecule has 2 atom stereocenters. The van der Waals surface area contributed by atoms with Gasteiger partial charge in [-0.05, 0) is 73.9 Å². The van der Waals surface area contributed by atoms with Crippen LogP contribution < -0.4 is 5.32 Å². The Morgan fingerprint density at radius 1 is 1.19 bits per heavy atom. The summed E-state index contributed by atoms with van der Waals surface area (Å²) in [6, 6.07) is 16.5. The maximum atomic E-state index is 14.4. The summed E-state index contributed by atoms with van der Waals surface area (Å²) < 4.78 is 14.4. The van der Waals surface area contributed by atoms with Crippen LogP contribution in [0, 0.1) is 18.7 Å². The van der Waals surface area contributed by atoms with Gasteiger partial charge in [-0.25, -0.2) is 4.39 Å². The van der Waals surface area contributed by atoms with Crippen LogP contribution in [0.3, 0.4) is 0 Å². The van der Waals surface area contributed by atoms with E-state index in [1.54, 1.807) is 18.3 Å². The lowest BCUT2D eigenvalue weighted by atomic mass is 9.71. The van der Waals surface area contributed by atoms with Crippen molar-refractivity contribution in [2.24, 2.45) is 10.9 Å². The molecule has 0 spiro atoms. The molecule has 2 unspecified atom stereocenters. The highest BCUT2D eigenvalue weighted by Crippen LogP contribution is 2.37. The minimum absolute atomic E-state index is 0.0905. The van der Waals surface area contributed by atoms with Crippen molar-refractivity contribution in [3.8, 4) is 0 Å². The third-order valence-electron chi connectivity index (χ3n) is 7.54. The highest BCUT2D eigenvalue weighted by molar-refractivity contribution is 6.16. The molecule has 6 heteroatoms. The fourth-order valence-electron chi connectivity index (χ4n) is 5.81. The summed E-state index contributed by atoms with van der Waals surface area (Å²) in [6.45, 7) is 2.56. The molecule has 1 N–H and O–H groups in total. The van der Waals surface area contributed by atoms with E-state index >= 15 is 0 Å². The van der Waals surface area contributed by atoms with Crippen LogP contribution in [0.2, 0.25) is 0 Å². The quantitative estimate of drug-likeness (QED) is 0.346. The Bertz CT molecular complexity index is 1340. The van der Waals surface area contributed by atoms with Gasteiger partial charge in [0, 0.05) is 40.5 Å². The molecular formula is C30H30FN3O2. The van der Waals surface area contributed by atoms with E-state index in [1.165, 1.54) is 6.07 Å². The second-order valence-electron chi connectivity index (χ2n) is 10.1. The zero-order valence-corrected chi connectivity index (χ0v) is 20.5. The van der Waals surface area contributed by atoms with Crippen molar-refractivity contribution in [3.05, 3.63) is 100 Å². The number of Topliss-reactive ketones (excluding diaryl/α,β-unsaturated/α-hetero) is 1. The van der Waals surface area contributed by atoms with Gasteiger partial charge >= 0.3 is 0 Å². The fourth-order valence-corrected chi connectivity index (χ4v) is 5.81. The molecule has 1 aliphatic heterocycles. The number of nitrogens with zero attached hydrogens (tertiary/aromatic N) is 2. The number of carbonyl (C=O) groups excluding carboxylic acids is 2. The van der Waals surface area contributed by atoms with Gasteiger partial charge in [-0.2, -0.15) is 0 Å². The summed E-state index contributed by atoms with van der Waals surface area (Å²) in [7, 11) is 0. The second-order valence-corrected chi connectivity index (χ2v) is 10.1. The zero-order chi connectivity index (χ0) is 25.1. The number of rotatable bonds is 8. The molecule has 184 valence electrons. The molecule has 5 rings (SSSR count). The minimum Gasteiger partial charge on any atom is -0.353 e. The third-order valence-corrected chi connectivity index (χ3v) is 7.54. The van der Waals surface area contributed by atoms with Crippen LogP contribution in [-0.4, -0.2) is 28.4 Å². The van der Waals surface area contributed by atoms with E-state index in [2.05, 4.69) is 10.3 Å². The summed E-state index contributed by atoms with van der Waals surface area (Å²) in [6.07, 6.45) is 6.55. The van der Waals surface area contributed by atoms with Crippen molar-refractivity contribution < 1.29 is 14.0 Å². The zero-order valence-electron chi connectivity index (χ0n) is 20.5. The number of fused-ring (bicyclic) bond motifs is 1. The molecule has 1 aromatic heterocycles. The SMILES string of the molecule is Cc1cc(C2=NCc3ccc(C(=O)CC4CCCC(Cc5ccccc5F)(NC=O)C4)cc32)ccn1. The van der Waals surface area contributed by atoms with E-state index in [-0.39, 0.29) is 17.5 Å². The Morgan fingerprint density at radius 2 is 2.06 bits per heavy atom. The Balaban J connectivity index is 1.33. The summed E-state index contributed by atoms with van der Waals surface area (Å²) in [5.74, 6) is -0.0507. The van der Waals surface area contributed by atoms with Crippen LogP contribution in [0.25, 0.3) is 0 Å². The van der Waals surface area contributed by atoms with Crippen LogP contribution in [0.1, 0.15) is 70.4 Å². The highest BCUT2D eigenvalue weighted by atomic mass is 19.1. The fraction of sp³-hybridized carbons (Fsp3) is 0.333. The van der Waals surface area contributed by atoms with Gasteiger partial charge in [0.1, 0.15) is 5.82 Å². The summed E-state index contributed by atoms with van der Waals surface area (Å²) in [5.41, 5.74) is 5.70. The molecule has 1 fully saturated rings. The Morgan fingerprint density at radius 3 is 2.86 bits per heavy atom. The van der Waals surface area contributed by atoms with Crippen molar-refractivity contribution in [2.75, 3.05) is 0 Å². The predicted octanol–water partition coefficient (Wildman–Crippen LogP) is 5.37. The van der Waals surface area contributed by atoms with Crippen molar-refractivity contribution in [1.29, 1.82) is 0 Å². The number of aliphatic imine (C=N–C) groups is 1. The van der Waals surface area contributed by atoms with Gasteiger partial charge in [0.25, 0.3) is 0 Å². The predicted molar refractivity (Wildman–Crippen MR) is 138 cm³/mol. The van der Waals surface area contributed by atoms with Gasteiger partial charge in [0.15, 0.2) is 5.78 Å². The molecular weight excluding hydrogens is 453 g/mol. The largest absolute Gasteiger partial charge is 0.353 e. The van der Waals surface area contributed by atoms with Crippen LogP contribution in [0.4, 0.5) is 4.39 Å².